The van der Waals surface area contributed by atoms with E-state index in [9.17, 15) is 19.5 Å². The monoisotopic (exact) mass is 470 g/mol. The molecule has 1 aliphatic heterocycles. The second-order valence-corrected chi connectivity index (χ2v) is 8.43. The zero-order valence-electron chi connectivity index (χ0n) is 18.1. The van der Waals surface area contributed by atoms with E-state index in [1.54, 1.807) is 30.3 Å². The molecule has 0 unspecified atom stereocenters. The number of aliphatic carboxylic acids is 1. The number of nitrogens with one attached hydrogen (secondary N) is 1. The molecule has 0 aliphatic carbocycles. The zero-order valence-corrected chi connectivity index (χ0v) is 18.9. The van der Waals surface area contributed by atoms with Gasteiger partial charge in [-0.25, -0.2) is 14.2 Å². The summed E-state index contributed by atoms with van der Waals surface area (Å²) in [6.07, 6.45) is 0.766. The highest BCUT2D eigenvalue weighted by Gasteiger charge is 2.26. The van der Waals surface area contributed by atoms with E-state index >= 15 is 0 Å². The topological polar surface area (TPSA) is 115 Å². The van der Waals surface area contributed by atoms with E-state index in [-0.39, 0.29) is 12.5 Å². The molecule has 2 aromatic carbocycles. The number of halogens is 1. The average Bonchev–Trinajstić information content (AvgIpc) is 3.25. The summed E-state index contributed by atoms with van der Waals surface area (Å²) < 4.78 is 7.73. The molecule has 172 valence electrons. The van der Waals surface area contributed by atoms with Gasteiger partial charge in [0, 0.05) is 17.1 Å². The summed E-state index contributed by atoms with van der Waals surface area (Å²) in [5.41, 5.74) is 0.958. The van der Waals surface area contributed by atoms with Crippen molar-refractivity contribution in [2.75, 3.05) is 11.9 Å². The van der Waals surface area contributed by atoms with Crippen molar-refractivity contribution in [1.82, 2.24) is 14.1 Å². The highest BCUT2D eigenvalue weighted by Crippen LogP contribution is 2.29. The van der Waals surface area contributed by atoms with E-state index in [2.05, 4.69) is 10.3 Å². The molecule has 3 aromatic rings. The van der Waals surface area contributed by atoms with Gasteiger partial charge in [0.1, 0.15) is 5.75 Å². The Morgan fingerprint density at radius 1 is 1.21 bits per heavy atom. The lowest BCUT2D eigenvalue weighted by molar-refractivity contribution is -0.142. The summed E-state index contributed by atoms with van der Waals surface area (Å²) in [7, 11) is 0. The van der Waals surface area contributed by atoms with Crippen LogP contribution in [0.2, 0.25) is 5.02 Å². The molecule has 1 aliphatic rings. The fourth-order valence-electron chi connectivity index (χ4n) is 3.69. The normalized spacial score (nSPS) is 14.3. The number of carboxylic acid groups (broad SMARTS) is 1. The number of rotatable bonds is 7. The molecule has 4 rings (SSSR count). The first kappa shape index (κ1) is 22.6. The highest BCUT2D eigenvalue weighted by atomic mass is 35.5. The summed E-state index contributed by atoms with van der Waals surface area (Å²) in [6, 6.07) is 11.5. The van der Waals surface area contributed by atoms with Gasteiger partial charge in [0.2, 0.25) is 5.95 Å². The molecule has 2 heterocycles. The third-order valence-corrected chi connectivity index (χ3v) is 6.07. The lowest BCUT2D eigenvalue weighted by Crippen LogP contribution is -2.46. The van der Waals surface area contributed by atoms with Gasteiger partial charge in [-0.15, -0.1) is 0 Å². The number of aromatic nitrogens is 3. The maximum atomic E-state index is 13.4. The van der Waals surface area contributed by atoms with Gasteiger partial charge in [0.05, 0.1) is 25.1 Å². The van der Waals surface area contributed by atoms with Gasteiger partial charge in [0.25, 0.3) is 0 Å². The molecule has 0 amide bonds. The Kier molecular flexibility index (Phi) is 6.24. The molecule has 2 atom stereocenters. The zero-order chi connectivity index (χ0) is 23.7. The van der Waals surface area contributed by atoms with E-state index < -0.39 is 29.3 Å². The van der Waals surface area contributed by atoms with Gasteiger partial charge in [-0.05, 0) is 55.3 Å². The number of nitrogens with zero attached hydrogens (tertiary/aromatic N) is 3. The molecule has 0 spiro atoms. The second kappa shape index (κ2) is 9.11. The van der Waals surface area contributed by atoms with E-state index in [1.165, 1.54) is 18.4 Å². The summed E-state index contributed by atoms with van der Waals surface area (Å²) in [5.74, 6) is -1.21. The maximum Gasteiger partial charge on any atom is 0.355 e. The van der Waals surface area contributed by atoms with E-state index in [0.717, 1.165) is 27.9 Å². The lowest BCUT2D eigenvalue weighted by atomic mass is 10.0. The van der Waals surface area contributed by atoms with Crippen molar-refractivity contribution >= 4 is 29.2 Å². The minimum Gasteiger partial charge on any atom is -0.493 e. The van der Waals surface area contributed by atoms with Crippen LogP contribution in [-0.4, -0.2) is 31.8 Å². The van der Waals surface area contributed by atoms with Crippen LogP contribution in [0.25, 0.3) is 0 Å². The third kappa shape index (κ3) is 4.63. The van der Waals surface area contributed by atoms with Crippen LogP contribution in [0.5, 0.6) is 5.75 Å². The molecule has 33 heavy (non-hydrogen) atoms. The van der Waals surface area contributed by atoms with Crippen LogP contribution in [0.4, 0.5) is 11.6 Å². The van der Waals surface area contributed by atoms with E-state index in [1.807, 2.05) is 12.1 Å². The van der Waals surface area contributed by atoms with Crippen molar-refractivity contribution in [2.24, 2.45) is 5.92 Å². The molecule has 0 radical (unpaired) electrons. The van der Waals surface area contributed by atoms with E-state index in [0.29, 0.717) is 17.3 Å². The number of hydrogen-bond donors (Lipinski definition) is 2. The van der Waals surface area contributed by atoms with Crippen LogP contribution in [0.1, 0.15) is 31.0 Å². The Morgan fingerprint density at radius 2 is 1.94 bits per heavy atom. The largest absolute Gasteiger partial charge is 0.493 e. The van der Waals surface area contributed by atoms with Crippen molar-refractivity contribution in [3.05, 3.63) is 79.6 Å². The summed E-state index contributed by atoms with van der Waals surface area (Å²) in [5, 5.41) is 13.0. The minimum absolute atomic E-state index is 0.0604. The van der Waals surface area contributed by atoms with Crippen molar-refractivity contribution in [1.29, 1.82) is 0 Å². The molecule has 0 fully saturated rings. The third-order valence-electron chi connectivity index (χ3n) is 5.82. The van der Waals surface area contributed by atoms with Crippen LogP contribution in [0.3, 0.4) is 0 Å². The SMILES string of the molecule is C[C@@H](C(=O)O)[C@H](C)n1c(=O)nc(Nc2ccc3c(c2)CCO3)n(Cc2ccc(Cl)cc2)c1=O. The molecule has 2 N–H and O–H groups in total. The number of benzene rings is 2. The van der Waals surface area contributed by atoms with Crippen LogP contribution in [0, 0.1) is 5.92 Å². The molecule has 9 nitrogen and oxygen atoms in total. The first-order valence-corrected chi connectivity index (χ1v) is 10.9. The molecule has 0 saturated carbocycles. The summed E-state index contributed by atoms with van der Waals surface area (Å²) >= 11 is 5.98. The number of carbonyl (C=O) groups is 1. The summed E-state index contributed by atoms with van der Waals surface area (Å²) in [4.78, 5) is 41.8. The Balaban J connectivity index is 1.80. The fourth-order valence-corrected chi connectivity index (χ4v) is 3.82. The molecule has 10 heteroatoms. The van der Waals surface area contributed by atoms with Crippen LogP contribution >= 0.6 is 11.6 Å². The van der Waals surface area contributed by atoms with Gasteiger partial charge >= 0.3 is 17.3 Å². The van der Waals surface area contributed by atoms with Gasteiger partial charge in [0.15, 0.2) is 0 Å². The number of anilines is 2. The van der Waals surface area contributed by atoms with Crippen molar-refractivity contribution in [2.45, 2.75) is 32.9 Å². The van der Waals surface area contributed by atoms with Crippen LogP contribution in [0.15, 0.2) is 52.1 Å². The Labute approximate surface area is 194 Å². The fraction of sp³-hybridized carbons (Fsp3) is 0.304. The van der Waals surface area contributed by atoms with Gasteiger partial charge in [-0.2, -0.15) is 4.98 Å². The van der Waals surface area contributed by atoms with Crippen molar-refractivity contribution < 1.29 is 14.6 Å². The first-order valence-electron chi connectivity index (χ1n) is 10.5. The number of fused-ring (bicyclic) bond motifs is 1. The Bertz CT molecular complexity index is 1320. The molecule has 1 aromatic heterocycles. The molecule has 0 bridgehead atoms. The summed E-state index contributed by atoms with van der Waals surface area (Å²) in [6.45, 7) is 3.67. The predicted octanol–water partition coefficient (Wildman–Crippen LogP) is 3.07. The highest BCUT2D eigenvalue weighted by molar-refractivity contribution is 6.30. The quantitative estimate of drug-likeness (QED) is 0.545. The van der Waals surface area contributed by atoms with Crippen LogP contribution < -0.4 is 21.4 Å². The maximum absolute atomic E-state index is 13.4. The first-order chi connectivity index (χ1) is 15.7. The predicted molar refractivity (Wildman–Crippen MR) is 124 cm³/mol. The van der Waals surface area contributed by atoms with Gasteiger partial charge in [-0.3, -0.25) is 9.36 Å². The molecular weight excluding hydrogens is 448 g/mol. The minimum atomic E-state index is -1.11. The number of carboxylic acids is 1. The number of ether oxygens (including phenoxy) is 1. The van der Waals surface area contributed by atoms with Crippen LogP contribution in [-0.2, 0) is 17.8 Å². The van der Waals surface area contributed by atoms with Crippen molar-refractivity contribution in [3.8, 4) is 5.75 Å². The lowest BCUT2D eigenvalue weighted by Gasteiger charge is -2.21. The van der Waals surface area contributed by atoms with Gasteiger partial charge in [-0.1, -0.05) is 23.7 Å². The van der Waals surface area contributed by atoms with E-state index in [4.69, 9.17) is 16.3 Å². The molecular formula is C23H23ClN4O5. The Morgan fingerprint density at radius 3 is 2.64 bits per heavy atom. The molecule has 0 saturated heterocycles. The average molecular weight is 471 g/mol. The smallest absolute Gasteiger partial charge is 0.355 e. The number of hydrogen-bond acceptors (Lipinski definition) is 6. The second-order valence-electron chi connectivity index (χ2n) is 8.00. The standard InChI is InChI=1S/C23H23ClN4O5/c1-13(20(29)30)14(2)28-22(31)26-21(25-18-7-8-19-16(11-18)9-10-33-19)27(23(28)32)12-15-3-5-17(24)6-4-15/h3-8,11,13-14H,9-10,12H2,1-2H3,(H,29,30)(H,25,26,31)/t13-,14+/m1/s1. The Hall–Kier alpha value is -3.59. The van der Waals surface area contributed by atoms with Crippen molar-refractivity contribution in [3.63, 3.8) is 0 Å². The van der Waals surface area contributed by atoms with Gasteiger partial charge < -0.3 is 15.2 Å².